The molecule has 0 saturated carbocycles. The molecule has 1 unspecified atom stereocenters. The van der Waals surface area contributed by atoms with E-state index in [-0.39, 0.29) is 0 Å². The number of tetrazole rings is 1. The van der Waals surface area contributed by atoms with Gasteiger partial charge >= 0.3 is 5.97 Å². The maximum atomic E-state index is 10.7. The SMILES string of the molecule is CCN(Cc1nnn(C)n1)CC(C)C(=O)O. The van der Waals surface area contributed by atoms with Crippen LogP contribution >= 0.6 is 0 Å². The highest BCUT2D eigenvalue weighted by Gasteiger charge is 2.16. The molecule has 0 spiro atoms. The standard InChI is InChI=1S/C9H17N5O2/c1-4-14(5-7(2)9(15)16)6-8-10-12-13(3)11-8/h7H,4-6H2,1-3H3,(H,15,16). The molecule has 0 bridgehead atoms. The molecule has 16 heavy (non-hydrogen) atoms. The van der Waals surface area contributed by atoms with E-state index in [0.717, 1.165) is 6.54 Å². The molecule has 0 amide bonds. The predicted molar refractivity (Wildman–Crippen MR) is 56.5 cm³/mol. The maximum Gasteiger partial charge on any atom is 0.307 e. The van der Waals surface area contributed by atoms with Crippen LogP contribution in [0.5, 0.6) is 0 Å². The number of aryl methyl sites for hydroxylation is 1. The largest absolute Gasteiger partial charge is 0.481 e. The van der Waals surface area contributed by atoms with E-state index in [9.17, 15) is 4.79 Å². The Kier molecular flexibility index (Phi) is 4.36. The molecule has 1 aromatic rings. The number of rotatable bonds is 6. The van der Waals surface area contributed by atoms with Gasteiger partial charge in [0.2, 0.25) is 0 Å². The smallest absolute Gasteiger partial charge is 0.307 e. The van der Waals surface area contributed by atoms with Crippen LogP contribution in [0.2, 0.25) is 0 Å². The van der Waals surface area contributed by atoms with Crippen molar-refractivity contribution in [3.05, 3.63) is 5.82 Å². The molecule has 1 atom stereocenters. The summed E-state index contributed by atoms with van der Waals surface area (Å²) in [7, 11) is 1.70. The fourth-order valence-electron chi connectivity index (χ4n) is 1.36. The Balaban J connectivity index is 2.52. The summed E-state index contributed by atoms with van der Waals surface area (Å²) in [6.07, 6.45) is 0. The first-order valence-electron chi connectivity index (χ1n) is 5.21. The van der Waals surface area contributed by atoms with Crippen molar-refractivity contribution in [3.8, 4) is 0 Å². The Morgan fingerprint density at radius 1 is 1.62 bits per heavy atom. The van der Waals surface area contributed by atoms with E-state index in [4.69, 9.17) is 5.11 Å². The molecule has 90 valence electrons. The molecule has 0 aliphatic rings. The van der Waals surface area contributed by atoms with Crippen molar-refractivity contribution >= 4 is 5.97 Å². The second-order valence-electron chi connectivity index (χ2n) is 3.76. The van der Waals surface area contributed by atoms with Crippen LogP contribution in [0.1, 0.15) is 19.7 Å². The van der Waals surface area contributed by atoms with Gasteiger partial charge in [-0.15, -0.1) is 10.2 Å². The van der Waals surface area contributed by atoms with Crippen molar-refractivity contribution in [2.75, 3.05) is 13.1 Å². The minimum atomic E-state index is -0.787. The highest BCUT2D eigenvalue weighted by Crippen LogP contribution is 2.03. The summed E-state index contributed by atoms with van der Waals surface area (Å²) in [6.45, 7) is 5.45. The summed E-state index contributed by atoms with van der Waals surface area (Å²) < 4.78 is 0. The van der Waals surface area contributed by atoms with E-state index in [1.165, 1.54) is 4.80 Å². The van der Waals surface area contributed by atoms with E-state index < -0.39 is 11.9 Å². The van der Waals surface area contributed by atoms with Gasteiger partial charge in [-0.25, -0.2) is 0 Å². The van der Waals surface area contributed by atoms with E-state index in [1.54, 1.807) is 14.0 Å². The van der Waals surface area contributed by atoms with Gasteiger partial charge in [-0.1, -0.05) is 13.8 Å². The van der Waals surface area contributed by atoms with Crippen molar-refractivity contribution in [1.29, 1.82) is 0 Å². The molecule has 0 aliphatic heterocycles. The first-order chi connectivity index (χ1) is 7.52. The molecule has 1 aromatic heterocycles. The van der Waals surface area contributed by atoms with Gasteiger partial charge in [0.25, 0.3) is 0 Å². The predicted octanol–water partition coefficient (Wildman–Crippen LogP) is -0.247. The van der Waals surface area contributed by atoms with Gasteiger partial charge in [0, 0.05) is 6.54 Å². The Bertz CT molecular complexity index is 351. The fourth-order valence-corrected chi connectivity index (χ4v) is 1.36. The van der Waals surface area contributed by atoms with E-state index in [0.29, 0.717) is 18.9 Å². The number of carboxylic acid groups (broad SMARTS) is 1. The molecule has 1 rings (SSSR count). The van der Waals surface area contributed by atoms with Crippen LogP contribution < -0.4 is 0 Å². The normalized spacial score (nSPS) is 13.0. The number of hydrogen-bond donors (Lipinski definition) is 1. The quantitative estimate of drug-likeness (QED) is 0.721. The number of nitrogens with zero attached hydrogens (tertiary/aromatic N) is 5. The van der Waals surface area contributed by atoms with Gasteiger partial charge in [-0.05, 0) is 11.8 Å². The zero-order chi connectivity index (χ0) is 12.1. The highest BCUT2D eigenvalue weighted by molar-refractivity contribution is 5.69. The van der Waals surface area contributed by atoms with Crippen LogP contribution in [-0.4, -0.2) is 49.3 Å². The van der Waals surface area contributed by atoms with Gasteiger partial charge in [0.15, 0.2) is 5.82 Å². The molecular weight excluding hydrogens is 210 g/mol. The van der Waals surface area contributed by atoms with E-state index >= 15 is 0 Å². The maximum absolute atomic E-state index is 10.7. The lowest BCUT2D eigenvalue weighted by molar-refractivity contribution is -0.141. The second kappa shape index (κ2) is 5.55. The number of carbonyl (C=O) groups is 1. The average molecular weight is 227 g/mol. The average Bonchev–Trinajstić information content (AvgIpc) is 2.62. The molecule has 7 nitrogen and oxygen atoms in total. The zero-order valence-electron chi connectivity index (χ0n) is 9.79. The minimum Gasteiger partial charge on any atom is -0.481 e. The first-order valence-corrected chi connectivity index (χ1v) is 5.21. The zero-order valence-corrected chi connectivity index (χ0v) is 9.79. The molecular formula is C9H17N5O2. The third-order valence-corrected chi connectivity index (χ3v) is 2.32. The lowest BCUT2D eigenvalue weighted by atomic mass is 10.1. The van der Waals surface area contributed by atoms with Crippen LogP contribution in [0, 0.1) is 5.92 Å². The number of aliphatic carboxylic acids is 1. The monoisotopic (exact) mass is 227 g/mol. The van der Waals surface area contributed by atoms with Gasteiger partial charge in [0.05, 0.1) is 19.5 Å². The lowest BCUT2D eigenvalue weighted by Crippen LogP contribution is -2.31. The topological polar surface area (TPSA) is 84.1 Å². The molecule has 0 saturated heterocycles. The molecule has 0 fully saturated rings. The highest BCUT2D eigenvalue weighted by atomic mass is 16.4. The summed E-state index contributed by atoms with van der Waals surface area (Å²) in [5.74, 6) is -0.566. The number of aromatic nitrogens is 4. The summed E-state index contributed by atoms with van der Waals surface area (Å²) in [6, 6.07) is 0. The Labute approximate surface area is 94.0 Å². The van der Waals surface area contributed by atoms with Gasteiger partial charge in [0.1, 0.15) is 0 Å². The van der Waals surface area contributed by atoms with Gasteiger partial charge in [-0.3, -0.25) is 9.69 Å². The van der Waals surface area contributed by atoms with Crippen LogP contribution in [0.25, 0.3) is 0 Å². The van der Waals surface area contributed by atoms with Crippen molar-refractivity contribution in [3.63, 3.8) is 0 Å². The van der Waals surface area contributed by atoms with Gasteiger partial charge in [-0.2, -0.15) is 4.80 Å². The van der Waals surface area contributed by atoms with Crippen LogP contribution in [-0.2, 0) is 18.4 Å². The summed E-state index contributed by atoms with van der Waals surface area (Å²) in [5, 5.41) is 20.5. The summed E-state index contributed by atoms with van der Waals surface area (Å²) in [4.78, 5) is 14.1. The van der Waals surface area contributed by atoms with E-state index in [1.807, 2.05) is 11.8 Å². The molecule has 1 heterocycles. The summed E-state index contributed by atoms with van der Waals surface area (Å²) >= 11 is 0. The molecule has 0 radical (unpaired) electrons. The lowest BCUT2D eigenvalue weighted by Gasteiger charge is -2.20. The van der Waals surface area contributed by atoms with Crippen LogP contribution in [0.15, 0.2) is 0 Å². The van der Waals surface area contributed by atoms with Crippen LogP contribution in [0.3, 0.4) is 0 Å². The third kappa shape index (κ3) is 3.58. The Morgan fingerprint density at radius 2 is 2.31 bits per heavy atom. The van der Waals surface area contributed by atoms with Crippen molar-refractivity contribution in [2.45, 2.75) is 20.4 Å². The van der Waals surface area contributed by atoms with Crippen molar-refractivity contribution < 1.29 is 9.90 Å². The van der Waals surface area contributed by atoms with E-state index in [2.05, 4.69) is 15.4 Å². The molecule has 0 aromatic carbocycles. The van der Waals surface area contributed by atoms with Crippen molar-refractivity contribution in [1.82, 2.24) is 25.1 Å². The van der Waals surface area contributed by atoms with Gasteiger partial charge < -0.3 is 5.11 Å². The third-order valence-electron chi connectivity index (χ3n) is 2.32. The van der Waals surface area contributed by atoms with Crippen molar-refractivity contribution in [2.24, 2.45) is 13.0 Å². The summed E-state index contributed by atoms with van der Waals surface area (Å²) in [5.41, 5.74) is 0. The first kappa shape index (κ1) is 12.6. The molecule has 7 heteroatoms. The Hall–Kier alpha value is -1.50. The second-order valence-corrected chi connectivity index (χ2v) is 3.76. The minimum absolute atomic E-state index is 0.392. The van der Waals surface area contributed by atoms with Crippen LogP contribution in [0.4, 0.5) is 0 Å². The molecule has 0 aliphatic carbocycles. The fraction of sp³-hybridized carbons (Fsp3) is 0.778. The number of hydrogen-bond acceptors (Lipinski definition) is 5. The Morgan fingerprint density at radius 3 is 2.75 bits per heavy atom. The number of carboxylic acids is 1. The molecule has 1 N–H and O–H groups in total.